The first-order chi connectivity index (χ1) is 8.85. The fourth-order valence-electron chi connectivity index (χ4n) is 2.95. The molecule has 0 aliphatic heterocycles. The monoisotopic (exact) mass is 278 g/mol. The van der Waals surface area contributed by atoms with E-state index < -0.39 is 0 Å². The summed E-state index contributed by atoms with van der Waals surface area (Å²) in [5, 5.41) is 1.02. The van der Waals surface area contributed by atoms with Gasteiger partial charge in [-0.05, 0) is 30.1 Å². The molecule has 19 heavy (non-hydrogen) atoms. The third-order valence-electron chi connectivity index (χ3n) is 4.34. The van der Waals surface area contributed by atoms with Crippen LogP contribution in [0, 0.1) is 17.3 Å². The molecule has 0 amide bonds. The Balaban J connectivity index is 1.80. The smallest absolute Gasteiger partial charge is 0.185 e. The highest BCUT2D eigenvalue weighted by Gasteiger charge is 2.36. The molecule has 2 atom stereocenters. The second-order valence-corrected chi connectivity index (χ2v) is 8.04. The van der Waals surface area contributed by atoms with E-state index in [2.05, 4.69) is 32.7 Å². The van der Waals surface area contributed by atoms with Crippen molar-refractivity contribution in [1.82, 2.24) is 4.98 Å². The summed E-state index contributed by atoms with van der Waals surface area (Å²) in [6, 6.07) is 0. The summed E-state index contributed by atoms with van der Waals surface area (Å²) in [4.78, 5) is 20.0. The molecule has 104 valence electrons. The topological polar surface area (TPSA) is 33.2 Å². The largest absolute Gasteiger partial charge is 0.351 e. The highest BCUT2D eigenvalue weighted by atomic mass is 32.1. The maximum atomic E-state index is 12.2. The summed E-state index contributed by atoms with van der Waals surface area (Å²) < 4.78 is 0. The fraction of sp³-hybridized carbons (Fsp3) is 0.733. The van der Waals surface area contributed by atoms with E-state index in [4.69, 9.17) is 4.98 Å². The SMILES string of the molecule is CC1CC1CN(C)c1nc2c(s1)C(=O)CC(C)(C)C2. The Bertz CT molecular complexity index is 520. The number of Topliss-reactive ketones (excluding diaryl/α,β-unsaturated/α-hetero) is 1. The van der Waals surface area contributed by atoms with Crippen molar-refractivity contribution >= 4 is 22.3 Å². The van der Waals surface area contributed by atoms with Crippen LogP contribution in [0.1, 0.15) is 49.0 Å². The van der Waals surface area contributed by atoms with Crippen LogP contribution in [-0.4, -0.2) is 24.4 Å². The number of fused-ring (bicyclic) bond motifs is 1. The quantitative estimate of drug-likeness (QED) is 0.849. The molecular formula is C15H22N2OS. The maximum absolute atomic E-state index is 12.2. The van der Waals surface area contributed by atoms with Gasteiger partial charge in [-0.3, -0.25) is 4.79 Å². The van der Waals surface area contributed by atoms with Crippen LogP contribution in [0.4, 0.5) is 5.13 Å². The van der Waals surface area contributed by atoms with Crippen LogP contribution in [0.3, 0.4) is 0 Å². The van der Waals surface area contributed by atoms with Crippen LogP contribution in [0.5, 0.6) is 0 Å². The molecule has 1 fully saturated rings. The second-order valence-electron chi connectivity index (χ2n) is 7.07. The summed E-state index contributed by atoms with van der Waals surface area (Å²) in [6.07, 6.45) is 2.92. The van der Waals surface area contributed by atoms with Gasteiger partial charge in [-0.15, -0.1) is 0 Å². The molecule has 2 unspecified atom stereocenters. The Kier molecular flexibility index (Phi) is 2.97. The van der Waals surface area contributed by atoms with Crippen LogP contribution in [0.15, 0.2) is 0 Å². The van der Waals surface area contributed by atoms with E-state index in [9.17, 15) is 4.79 Å². The number of aromatic nitrogens is 1. The highest BCUT2D eigenvalue weighted by molar-refractivity contribution is 7.17. The van der Waals surface area contributed by atoms with Crippen molar-refractivity contribution < 1.29 is 4.79 Å². The minimum Gasteiger partial charge on any atom is -0.351 e. The molecule has 0 spiro atoms. The van der Waals surface area contributed by atoms with Crippen LogP contribution >= 0.6 is 11.3 Å². The normalized spacial score (nSPS) is 28.1. The van der Waals surface area contributed by atoms with E-state index in [1.807, 2.05) is 0 Å². The minimum atomic E-state index is 0.0685. The Morgan fingerprint density at radius 2 is 2.11 bits per heavy atom. The van der Waals surface area contributed by atoms with Crippen molar-refractivity contribution in [2.75, 3.05) is 18.5 Å². The van der Waals surface area contributed by atoms with Gasteiger partial charge in [0.15, 0.2) is 10.9 Å². The molecule has 0 bridgehead atoms. The zero-order valence-electron chi connectivity index (χ0n) is 12.2. The fourth-order valence-corrected chi connectivity index (χ4v) is 3.94. The molecule has 0 aromatic carbocycles. The van der Waals surface area contributed by atoms with Crippen LogP contribution in [-0.2, 0) is 6.42 Å². The number of ketones is 1. The molecule has 0 saturated heterocycles. The summed E-state index contributed by atoms with van der Waals surface area (Å²) in [7, 11) is 2.10. The standard InChI is InChI=1S/C15H22N2OS/c1-9-5-10(9)8-17(4)14-16-11-6-15(2,3)7-12(18)13(11)19-14/h9-10H,5-8H2,1-4H3. The Hall–Kier alpha value is -0.900. The molecule has 4 heteroatoms. The predicted molar refractivity (Wildman–Crippen MR) is 79.1 cm³/mol. The molecule has 0 radical (unpaired) electrons. The third-order valence-corrected chi connectivity index (χ3v) is 5.59. The van der Waals surface area contributed by atoms with Gasteiger partial charge in [0, 0.05) is 20.0 Å². The zero-order valence-corrected chi connectivity index (χ0v) is 13.0. The predicted octanol–water partition coefficient (Wildman–Crippen LogP) is 3.39. The van der Waals surface area contributed by atoms with Crippen LogP contribution in [0.25, 0.3) is 0 Å². The zero-order chi connectivity index (χ0) is 13.8. The number of rotatable bonds is 3. The molecule has 1 heterocycles. The second kappa shape index (κ2) is 4.30. The van der Waals surface area contributed by atoms with Crippen molar-refractivity contribution in [1.29, 1.82) is 0 Å². The summed E-state index contributed by atoms with van der Waals surface area (Å²) in [5.41, 5.74) is 1.09. The Morgan fingerprint density at radius 3 is 2.74 bits per heavy atom. The van der Waals surface area contributed by atoms with Gasteiger partial charge >= 0.3 is 0 Å². The maximum Gasteiger partial charge on any atom is 0.185 e. The van der Waals surface area contributed by atoms with Crippen molar-refractivity contribution in [2.45, 2.75) is 40.0 Å². The Labute approximate surface area is 119 Å². The van der Waals surface area contributed by atoms with Gasteiger partial charge in [0.1, 0.15) is 0 Å². The van der Waals surface area contributed by atoms with Crippen molar-refractivity contribution in [2.24, 2.45) is 17.3 Å². The van der Waals surface area contributed by atoms with Crippen LogP contribution in [0.2, 0.25) is 0 Å². The lowest BCUT2D eigenvalue weighted by Gasteiger charge is -2.26. The molecule has 2 aliphatic rings. The first kappa shape index (κ1) is 13.1. The first-order valence-corrected chi connectivity index (χ1v) is 7.91. The molecule has 1 aromatic heterocycles. The van der Waals surface area contributed by atoms with Crippen LogP contribution < -0.4 is 4.90 Å². The molecular weight excluding hydrogens is 256 g/mol. The van der Waals surface area contributed by atoms with E-state index >= 15 is 0 Å². The molecule has 3 rings (SSSR count). The van der Waals surface area contributed by atoms with E-state index in [1.54, 1.807) is 11.3 Å². The molecule has 3 nitrogen and oxygen atoms in total. The molecule has 0 N–H and O–H groups in total. The number of thiazole rings is 1. The van der Waals surface area contributed by atoms with E-state index in [0.717, 1.165) is 40.5 Å². The summed E-state index contributed by atoms with van der Waals surface area (Å²) >= 11 is 1.59. The van der Waals surface area contributed by atoms with E-state index in [0.29, 0.717) is 6.42 Å². The van der Waals surface area contributed by atoms with Gasteiger partial charge in [0.2, 0.25) is 0 Å². The average molecular weight is 278 g/mol. The first-order valence-electron chi connectivity index (χ1n) is 7.10. The van der Waals surface area contributed by atoms with Crippen molar-refractivity contribution in [3.63, 3.8) is 0 Å². The van der Waals surface area contributed by atoms with Gasteiger partial charge in [-0.1, -0.05) is 32.1 Å². The summed E-state index contributed by atoms with van der Waals surface area (Å²) in [6.45, 7) is 7.69. The lowest BCUT2D eigenvalue weighted by atomic mass is 9.78. The van der Waals surface area contributed by atoms with Crippen molar-refractivity contribution in [3.8, 4) is 0 Å². The van der Waals surface area contributed by atoms with Crippen molar-refractivity contribution in [3.05, 3.63) is 10.6 Å². The van der Waals surface area contributed by atoms with E-state index in [-0.39, 0.29) is 11.2 Å². The summed E-state index contributed by atoms with van der Waals surface area (Å²) in [5.74, 6) is 1.96. The van der Waals surface area contributed by atoms with E-state index in [1.165, 1.54) is 6.42 Å². The van der Waals surface area contributed by atoms with Gasteiger partial charge in [0.05, 0.1) is 10.6 Å². The number of carbonyl (C=O) groups is 1. The average Bonchev–Trinajstić information content (AvgIpc) is 2.82. The highest BCUT2D eigenvalue weighted by Crippen LogP contribution is 2.41. The number of hydrogen-bond donors (Lipinski definition) is 0. The van der Waals surface area contributed by atoms with Gasteiger partial charge in [-0.25, -0.2) is 4.98 Å². The lowest BCUT2D eigenvalue weighted by molar-refractivity contribution is 0.0916. The minimum absolute atomic E-state index is 0.0685. The Morgan fingerprint density at radius 1 is 1.42 bits per heavy atom. The lowest BCUT2D eigenvalue weighted by Crippen LogP contribution is -2.26. The van der Waals surface area contributed by atoms with Gasteiger partial charge < -0.3 is 4.90 Å². The molecule has 1 aromatic rings. The van der Waals surface area contributed by atoms with Gasteiger partial charge in [0.25, 0.3) is 0 Å². The van der Waals surface area contributed by atoms with Gasteiger partial charge in [-0.2, -0.15) is 0 Å². The molecule has 2 aliphatic carbocycles. The molecule has 1 saturated carbocycles. The number of nitrogens with zero attached hydrogens (tertiary/aromatic N) is 2. The number of hydrogen-bond acceptors (Lipinski definition) is 4. The number of anilines is 1. The third kappa shape index (κ3) is 2.55. The number of carbonyl (C=O) groups excluding carboxylic acids is 1.